The van der Waals surface area contributed by atoms with Crippen molar-refractivity contribution in [1.29, 1.82) is 0 Å². The molecule has 2 N–H and O–H groups in total. The summed E-state index contributed by atoms with van der Waals surface area (Å²) in [6, 6.07) is 0. The zero-order valence-electron chi connectivity index (χ0n) is 7.39. The second kappa shape index (κ2) is 4.08. The molecule has 1 aromatic heterocycles. The van der Waals surface area contributed by atoms with E-state index in [-0.39, 0.29) is 23.8 Å². The Morgan fingerprint density at radius 2 is 2.15 bits per heavy atom. The van der Waals surface area contributed by atoms with Crippen LogP contribution < -0.4 is 5.73 Å². The fourth-order valence-electron chi connectivity index (χ4n) is 0.964. The fraction of sp³-hybridized carbons (Fsp3) is 0.500. The first-order chi connectivity index (χ1) is 5.45. The van der Waals surface area contributed by atoms with Gasteiger partial charge in [0.15, 0.2) is 9.84 Å². The summed E-state index contributed by atoms with van der Waals surface area (Å²) >= 11 is 0. The van der Waals surface area contributed by atoms with E-state index in [1.54, 1.807) is 7.05 Å². The minimum atomic E-state index is -3.19. The summed E-state index contributed by atoms with van der Waals surface area (Å²) in [6.45, 7) is 0.142. The molecule has 0 bridgehead atoms. The average Bonchev–Trinajstić information content (AvgIpc) is 2.29. The molecule has 0 aliphatic heterocycles. The molecule has 1 aromatic rings. The first kappa shape index (κ1) is 12.4. The van der Waals surface area contributed by atoms with Gasteiger partial charge in [-0.2, -0.15) is 5.10 Å². The van der Waals surface area contributed by atoms with E-state index in [0.29, 0.717) is 5.69 Å². The maximum Gasteiger partial charge on any atom is 0.178 e. The minimum Gasteiger partial charge on any atom is -0.325 e. The third-order valence-corrected chi connectivity index (χ3v) is 2.60. The monoisotopic (exact) mass is 225 g/mol. The first-order valence-corrected chi connectivity index (χ1v) is 5.27. The number of hydrogen-bond donors (Lipinski definition) is 1. The molecule has 0 unspecified atom stereocenters. The molecule has 0 aliphatic rings. The molecule has 0 aliphatic carbocycles. The fourth-order valence-corrected chi connectivity index (χ4v) is 1.86. The van der Waals surface area contributed by atoms with Crippen molar-refractivity contribution >= 4 is 22.2 Å². The molecule has 1 rings (SSSR count). The van der Waals surface area contributed by atoms with Crippen molar-refractivity contribution in [3.8, 4) is 0 Å². The smallest absolute Gasteiger partial charge is 0.178 e. The summed E-state index contributed by atoms with van der Waals surface area (Å²) in [5.41, 5.74) is 5.74. The van der Waals surface area contributed by atoms with Crippen LogP contribution in [0.3, 0.4) is 0 Å². The van der Waals surface area contributed by atoms with Crippen molar-refractivity contribution < 1.29 is 8.42 Å². The third-order valence-electron chi connectivity index (χ3n) is 1.46. The molecule has 0 saturated heterocycles. The highest BCUT2D eigenvalue weighted by Crippen LogP contribution is 2.12. The predicted octanol–water partition coefficient (Wildman–Crippen LogP) is -0.296. The molecule has 5 nitrogen and oxygen atoms in total. The predicted molar refractivity (Wildman–Crippen MR) is 51.5 cm³/mol. The van der Waals surface area contributed by atoms with Crippen molar-refractivity contribution in [2.75, 3.05) is 6.26 Å². The Morgan fingerprint density at radius 1 is 1.62 bits per heavy atom. The van der Waals surface area contributed by atoms with E-state index in [9.17, 15) is 8.42 Å². The van der Waals surface area contributed by atoms with Crippen LogP contribution in [0.4, 0.5) is 0 Å². The number of nitrogens with zero attached hydrogens (tertiary/aromatic N) is 2. The Balaban J connectivity index is 0.00000144. The van der Waals surface area contributed by atoms with Gasteiger partial charge >= 0.3 is 0 Å². The number of aryl methyl sites for hydroxylation is 1. The van der Waals surface area contributed by atoms with Gasteiger partial charge in [-0.05, 0) is 0 Å². The summed E-state index contributed by atoms with van der Waals surface area (Å²) in [6.07, 6.45) is 2.60. The average molecular weight is 226 g/mol. The zero-order valence-corrected chi connectivity index (χ0v) is 9.02. The Kier molecular flexibility index (Phi) is 3.89. The molecule has 0 atom stereocenters. The number of rotatable bonds is 2. The van der Waals surface area contributed by atoms with Crippen LogP contribution in [-0.2, 0) is 23.4 Å². The lowest BCUT2D eigenvalue weighted by Crippen LogP contribution is -2.04. The van der Waals surface area contributed by atoms with Gasteiger partial charge < -0.3 is 5.73 Å². The van der Waals surface area contributed by atoms with Crippen LogP contribution >= 0.6 is 12.4 Å². The SMILES string of the molecule is Cl.Cn1cc(S(C)(=O)=O)c(CN)n1. The van der Waals surface area contributed by atoms with Gasteiger partial charge in [0.05, 0.1) is 5.69 Å². The Hall–Kier alpha value is -0.590. The van der Waals surface area contributed by atoms with Crippen LogP contribution in [0.15, 0.2) is 11.1 Å². The standard InChI is InChI=1S/C6H11N3O2S.ClH/c1-9-4-6(12(2,10)11)5(3-7)8-9;/h4H,3,7H2,1-2H3;1H. The molecule has 0 saturated carbocycles. The van der Waals surface area contributed by atoms with Gasteiger partial charge in [0.2, 0.25) is 0 Å². The van der Waals surface area contributed by atoms with Crippen molar-refractivity contribution in [1.82, 2.24) is 9.78 Å². The molecule has 0 fully saturated rings. The van der Waals surface area contributed by atoms with E-state index in [0.717, 1.165) is 6.26 Å². The Bertz CT molecular complexity index is 385. The lowest BCUT2D eigenvalue weighted by molar-refractivity contribution is 0.600. The van der Waals surface area contributed by atoms with Crippen molar-refractivity contribution in [2.24, 2.45) is 12.8 Å². The Morgan fingerprint density at radius 3 is 2.46 bits per heavy atom. The van der Waals surface area contributed by atoms with Gasteiger partial charge in [0.25, 0.3) is 0 Å². The third kappa shape index (κ3) is 2.68. The van der Waals surface area contributed by atoms with E-state index < -0.39 is 9.84 Å². The van der Waals surface area contributed by atoms with E-state index in [4.69, 9.17) is 5.73 Å². The van der Waals surface area contributed by atoms with E-state index in [1.807, 2.05) is 0 Å². The van der Waals surface area contributed by atoms with Crippen molar-refractivity contribution in [3.63, 3.8) is 0 Å². The van der Waals surface area contributed by atoms with Crippen LogP contribution in [0.25, 0.3) is 0 Å². The Labute approximate surface area is 83.3 Å². The van der Waals surface area contributed by atoms with Crippen LogP contribution in [-0.4, -0.2) is 24.5 Å². The molecule has 0 aromatic carbocycles. The van der Waals surface area contributed by atoms with E-state index >= 15 is 0 Å². The van der Waals surface area contributed by atoms with Gasteiger partial charge in [0, 0.05) is 26.0 Å². The molecule has 0 radical (unpaired) electrons. The second-order valence-electron chi connectivity index (χ2n) is 2.59. The summed E-state index contributed by atoms with van der Waals surface area (Å²) in [7, 11) is -1.53. The van der Waals surface area contributed by atoms with Crippen LogP contribution in [0, 0.1) is 0 Å². The topological polar surface area (TPSA) is 78.0 Å². The van der Waals surface area contributed by atoms with Gasteiger partial charge in [-0.1, -0.05) is 0 Å². The number of sulfone groups is 1. The summed E-state index contributed by atoms with van der Waals surface area (Å²) in [5.74, 6) is 0. The highest BCUT2D eigenvalue weighted by atomic mass is 35.5. The molecule has 76 valence electrons. The van der Waals surface area contributed by atoms with Gasteiger partial charge in [-0.3, -0.25) is 4.68 Å². The van der Waals surface area contributed by atoms with Gasteiger partial charge in [-0.25, -0.2) is 8.42 Å². The number of nitrogens with two attached hydrogens (primary N) is 1. The second-order valence-corrected chi connectivity index (χ2v) is 4.57. The molecular weight excluding hydrogens is 214 g/mol. The number of halogens is 1. The number of hydrogen-bond acceptors (Lipinski definition) is 4. The summed E-state index contributed by atoms with van der Waals surface area (Å²) in [5, 5.41) is 3.91. The largest absolute Gasteiger partial charge is 0.325 e. The quantitative estimate of drug-likeness (QED) is 0.750. The first-order valence-electron chi connectivity index (χ1n) is 3.38. The molecule has 0 spiro atoms. The van der Waals surface area contributed by atoms with Crippen molar-refractivity contribution in [3.05, 3.63) is 11.9 Å². The molecule has 7 heteroatoms. The van der Waals surface area contributed by atoms with Crippen LogP contribution in [0.2, 0.25) is 0 Å². The van der Waals surface area contributed by atoms with Crippen molar-refractivity contribution in [2.45, 2.75) is 11.4 Å². The molecular formula is C6H12ClN3O2S. The zero-order chi connectivity index (χ0) is 9.35. The van der Waals surface area contributed by atoms with Gasteiger partial charge in [0.1, 0.15) is 4.90 Å². The molecule has 1 heterocycles. The minimum absolute atomic E-state index is 0. The molecule has 0 amide bonds. The summed E-state index contributed by atoms with van der Waals surface area (Å²) in [4.78, 5) is 0.215. The lowest BCUT2D eigenvalue weighted by Gasteiger charge is -1.93. The highest BCUT2D eigenvalue weighted by molar-refractivity contribution is 7.90. The maximum absolute atomic E-state index is 11.1. The maximum atomic E-state index is 11.1. The van der Waals surface area contributed by atoms with E-state index in [2.05, 4.69) is 5.10 Å². The van der Waals surface area contributed by atoms with Gasteiger partial charge in [-0.15, -0.1) is 12.4 Å². The van der Waals surface area contributed by atoms with Crippen LogP contribution in [0.5, 0.6) is 0 Å². The summed E-state index contributed by atoms with van der Waals surface area (Å²) < 4.78 is 23.7. The molecule has 13 heavy (non-hydrogen) atoms. The van der Waals surface area contributed by atoms with Crippen LogP contribution in [0.1, 0.15) is 5.69 Å². The highest BCUT2D eigenvalue weighted by Gasteiger charge is 2.15. The normalized spacial score (nSPS) is 11.0. The lowest BCUT2D eigenvalue weighted by atomic mass is 10.4. The van der Waals surface area contributed by atoms with E-state index in [1.165, 1.54) is 10.9 Å². The number of aromatic nitrogens is 2.